The Morgan fingerprint density at radius 1 is 1.25 bits per heavy atom. The summed E-state index contributed by atoms with van der Waals surface area (Å²) in [6.07, 6.45) is 1.31. The molecule has 0 fully saturated rings. The van der Waals surface area contributed by atoms with Crippen LogP contribution in [0.15, 0.2) is 24.3 Å². The molecule has 0 unspecified atom stereocenters. The zero-order valence-electron chi connectivity index (χ0n) is 11.5. The molecule has 0 atom stereocenters. The first-order chi connectivity index (χ1) is 9.72. The van der Waals surface area contributed by atoms with Crippen LogP contribution in [0.3, 0.4) is 0 Å². The molecule has 6 heteroatoms. The molecule has 0 bridgehead atoms. The van der Waals surface area contributed by atoms with E-state index >= 15 is 0 Å². The molecule has 0 aliphatic heterocycles. The third-order valence-electron chi connectivity index (χ3n) is 2.56. The van der Waals surface area contributed by atoms with Gasteiger partial charge in [0.2, 0.25) is 11.0 Å². The van der Waals surface area contributed by atoms with E-state index in [1.165, 1.54) is 11.3 Å². The molecule has 1 aromatic carbocycles. The van der Waals surface area contributed by atoms with Crippen LogP contribution in [0.5, 0.6) is 5.75 Å². The summed E-state index contributed by atoms with van der Waals surface area (Å²) in [4.78, 5) is 11.5. The maximum atomic E-state index is 11.5. The Morgan fingerprint density at radius 2 is 2.00 bits per heavy atom. The molecule has 0 aliphatic carbocycles. The molecule has 0 saturated carbocycles. The van der Waals surface area contributed by atoms with Gasteiger partial charge < -0.3 is 10.1 Å². The number of benzene rings is 1. The van der Waals surface area contributed by atoms with Crippen LogP contribution in [-0.4, -0.2) is 22.7 Å². The minimum atomic E-state index is -0.0260. The van der Waals surface area contributed by atoms with Gasteiger partial charge in [0.25, 0.3) is 0 Å². The molecule has 1 aromatic heterocycles. The van der Waals surface area contributed by atoms with Crippen molar-refractivity contribution in [1.29, 1.82) is 0 Å². The highest BCUT2D eigenvalue weighted by Gasteiger charge is 2.09. The lowest BCUT2D eigenvalue weighted by molar-refractivity contribution is -0.116. The molecule has 5 nitrogen and oxygen atoms in total. The molecule has 106 valence electrons. The van der Waals surface area contributed by atoms with Crippen LogP contribution in [-0.2, 0) is 4.79 Å². The van der Waals surface area contributed by atoms with E-state index in [2.05, 4.69) is 15.5 Å². The standard InChI is InChI=1S/C14H17N3O2S/c1-3-5-12(18)15-14-17-16-13(20-14)10-6-8-11(9-7-10)19-4-2/h6-9H,3-5H2,1-2H3,(H,15,17,18). The topological polar surface area (TPSA) is 64.1 Å². The summed E-state index contributed by atoms with van der Waals surface area (Å²) < 4.78 is 5.39. The molecule has 0 saturated heterocycles. The number of carbonyl (C=O) groups is 1. The van der Waals surface area contributed by atoms with Crippen LogP contribution in [0.1, 0.15) is 26.7 Å². The average molecular weight is 291 g/mol. The lowest BCUT2D eigenvalue weighted by atomic mass is 10.2. The van der Waals surface area contributed by atoms with E-state index in [-0.39, 0.29) is 5.91 Å². The van der Waals surface area contributed by atoms with Gasteiger partial charge in [-0.15, -0.1) is 10.2 Å². The van der Waals surface area contributed by atoms with Crippen molar-refractivity contribution in [2.75, 3.05) is 11.9 Å². The molecule has 2 rings (SSSR count). The number of amides is 1. The number of ether oxygens (including phenoxy) is 1. The van der Waals surface area contributed by atoms with E-state index in [1.807, 2.05) is 38.1 Å². The highest BCUT2D eigenvalue weighted by Crippen LogP contribution is 2.27. The van der Waals surface area contributed by atoms with Crippen LogP contribution in [0.2, 0.25) is 0 Å². The molecule has 1 amide bonds. The highest BCUT2D eigenvalue weighted by atomic mass is 32.1. The van der Waals surface area contributed by atoms with Crippen LogP contribution in [0, 0.1) is 0 Å². The highest BCUT2D eigenvalue weighted by molar-refractivity contribution is 7.18. The van der Waals surface area contributed by atoms with E-state index in [0.29, 0.717) is 18.2 Å². The summed E-state index contributed by atoms with van der Waals surface area (Å²) in [5, 5.41) is 12.1. The van der Waals surface area contributed by atoms with Crippen molar-refractivity contribution >= 4 is 22.4 Å². The van der Waals surface area contributed by atoms with Crippen molar-refractivity contribution in [1.82, 2.24) is 10.2 Å². The SMILES string of the molecule is CCCC(=O)Nc1nnc(-c2ccc(OCC)cc2)s1. The molecule has 1 N–H and O–H groups in total. The van der Waals surface area contributed by atoms with Crippen molar-refractivity contribution < 1.29 is 9.53 Å². The van der Waals surface area contributed by atoms with Crippen molar-refractivity contribution in [2.24, 2.45) is 0 Å². The molecule has 1 heterocycles. The Kier molecular flexibility index (Phi) is 5.06. The number of hydrogen-bond acceptors (Lipinski definition) is 5. The Balaban J connectivity index is 2.06. The summed E-state index contributed by atoms with van der Waals surface area (Å²) in [5.74, 6) is 0.805. The molecule has 2 aromatic rings. The molecule has 20 heavy (non-hydrogen) atoms. The van der Waals surface area contributed by atoms with E-state index in [0.717, 1.165) is 22.7 Å². The molecular formula is C14H17N3O2S. The Morgan fingerprint density at radius 3 is 2.65 bits per heavy atom. The first-order valence-electron chi connectivity index (χ1n) is 6.59. The fourth-order valence-corrected chi connectivity index (χ4v) is 2.42. The van der Waals surface area contributed by atoms with Gasteiger partial charge in [-0.3, -0.25) is 4.79 Å². The Labute approximate surface area is 122 Å². The quantitative estimate of drug-likeness (QED) is 0.886. The third kappa shape index (κ3) is 3.77. The Hall–Kier alpha value is -1.95. The number of anilines is 1. The first-order valence-corrected chi connectivity index (χ1v) is 7.41. The first kappa shape index (κ1) is 14.5. The maximum absolute atomic E-state index is 11.5. The number of rotatable bonds is 6. The van der Waals surface area contributed by atoms with Gasteiger partial charge in [-0.2, -0.15) is 0 Å². The maximum Gasteiger partial charge on any atom is 0.226 e. The van der Waals surface area contributed by atoms with E-state index in [4.69, 9.17) is 4.74 Å². The number of nitrogens with one attached hydrogen (secondary N) is 1. The van der Waals surface area contributed by atoms with Crippen LogP contribution in [0.4, 0.5) is 5.13 Å². The third-order valence-corrected chi connectivity index (χ3v) is 3.45. The average Bonchev–Trinajstić information content (AvgIpc) is 2.88. The van der Waals surface area contributed by atoms with Crippen LogP contribution in [0.25, 0.3) is 10.6 Å². The monoisotopic (exact) mass is 291 g/mol. The summed E-state index contributed by atoms with van der Waals surface area (Å²) in [6.45, 7) is 4.56. The number of carbonyl (C=O) groups excluding carboxylic acids is 1. The smallest absolute Gasteiger partial charge is 0.226 e. The molecule has 0 aliphatic rings. The van der Waals surface area contributed by atoms with E-state index in [1.54, 1.807) is 0 Å². The van der Waals surface area contributed by atoms with Crippen molar-refractivity contribution in [2.45, 2.75) is 26.7 Å². The Bertz CT molecular complexity index is 566. The van der Waals surface area contributed by atoms with Crippen molar-refractivity contribution in [3.8, 4) is 16.3 Å². The molecule has 0 spiro atoms. The lowest BCUT2D eigenvalue weighted by Crippen LogP contribution is -2.10. The van der Waals surface area contributed by atoms with Crippen molar-refractivity contribution in [3.05, 3.63) is 24.3 Å². The second-order valence-corrected chi connectivity index (χ2v) is 5.15. The van der Waals surface area contributed by atoms with Crippen LogP contribution < -0.4 is 10.1 Å². The van der Waals surface area contributed by atoms with Gasteiger partial charge in [0, 0.05) is 12.0 Å². The van der Waals surface area contributed by atoms with Gasteiger partial charge in [0.05, 0.1) is 6.61 Å². The molecule has 0 radical (unpaired) electrons. The second kappa shape index (κ2) is 7.00. The number of hydrogen-bond donors (Lipinski definition) is 1. The van der Waals surface area contributed by atoms with Gasteiger partial charge in [0.1, 0.15) is 10.8 Å². The second-order valence-electron chi connectivity index (χ2n) is 4.17. The largest absolute Gasteiger partial charge is 0.494 e. The molecular weight excluding hydrogens is 274 g/mol. The normalized spacial score (nSPS) is 10.3. The zero-order valence-corrected chi connectivity index (χ0v) is 12.4. The lowest BCUT2D eigenvalue weighted by Gasteiger charge is -2.02. The predicted octanol–water partition coefficient (Wildman–Crippen LogP) is 3.34. The van der Waals surface area contributed by atoms with Crippen LogP contribution >= 0.6 is 11.3 Å². The number of nitrogens with zero attached hydrogens (tertiary/aromatic N) is 2. The van der Waals surface area contributed by atoms with Crippen molar-refractivity contribution in [3.63, 3.8) is 0 Å². The van der Waals surface area contributed by atoms with Gasteiger partial charge in [-0.25, -0.2) is 0 Å². The minimum absolute atomic E-state index is 0.0260. The van der Waals surface area contributed by atoms with E-state index < -0.39 is 0 Å². The fourth-order valence-electron chi connectivity index (χ4n) is 1.66. The minimum Gasteiger partial charge on any atom is -0.494 e. The van der Waals surface area contributed by atoms with E-state index in [9.17, 15) is 4.79 Å². The summed E-state index contributed by atoms with van der Waals surface area (Å²) in [6, 6.07) is 7.66. The van der Waals surface area contributed by atoms with Gasteiger partial charge >= 0.3 is 0 Å². The fraction of sp³-hybridized carbons (Fsp3) is 0.357. The van der Waals surface area contributed by atoms with Gasteiger partial charge in [-0.05, 0) is 37.6 Å². The summed E-state index contributed by atoms with van der Waals surface area (Å²) in [5.41, 5.74) is 0.960. The predicted molar refractivity (Wildman–Crippen MR) is 80.1 cm³/mol. The van der Waals surface area contributed by atoms with Gasteiger partial charge in [0.15, 0.2) is 0 Å². The zero-order chi connectivity index (χ0) is 14.4. The summed E-state index contributed by atoms with van der Waals surface area (Å²) >= 11 is 1.36. The summed E-state index contributed by atoms with van der Waals surface area (Å²) in [7, 11) is 0. The van der Waals surface area contributed by atoms with Gasteiger partial charge in [-0.1, -0.05) is 18.3 Å². The number of aromatic nitrogens is 2.